The summed E-state index contributed by atoms with van der Waals surface area (Å²) in [5.74, 6) is -0.209. The minimum atomic E-state index is -0.571. The Morgan fingerprint density at radius 3 is 1.83 bits per heavy atom. The van der Waals surface area contributed by atoms with Crippen LogP contribution in [0.2, 0.25) is 10.6 Å². The van der Waals surface area contributed by atoms with Gasteiger partial charge in [-0.05, 0) is 67.6 Å². The molecule has 12 heteroatoms. The maximum Gasteiger partial charge on any atom is 0.357 e. The molecule has 2 unspecified atom stereocenters. The second-order valence-corrected chi connectivity index (χ2v) is 8.65. The number of hydrogen-bond donors (Lipinski definition) is 1. The Kier molecular flexibility index (Phi) is 13.8. The highest BCUT2D eigenvalue weighted by Crippen LogP contribution is 2.21. The molecule has 10 nitrogen and oxygen atoms in total. The van der Waals surface area contributed by atoms with Crippen LogP contribution in [0.5, 0.6) is 0 Å². The smallest absolute Gasteiger partial charge is 0.357 e. The molecular weight excluding hydrogens is 509 g/mol. The number of esters is 1. The summed E-state index contributed by atoms with van der Waals surface area (Å²) in [4.78, 5) is 38.6. The zero-order valence-electron chi connectivity index (χ0n) is 18.8. The van der Waals surface area contributed by atoms with Gasteiger partial charge in [0, 0.05) is 49.9 Å². The van der Waals surface area contributed by atoms with Gasteiger partial charge in [0.05, 0.1) is 6.61 Å². The third-order valence-electron chi connectivity index (χ3n) is 5.44. The van der Waals surface area contributed by atoms with E-state index in [4.69, 9.17) is 43.1 Å². The van der Waals surface area contributed by atoms with E-state index in [1.165, 1.54) is 0 Å². The van der Waals surface area contributed by atoms with E-state index in [-0.39, 0.29) is 36.8 Å². The van der Waals surface area contributed by atoms with Gasteiger partial charge in [-0.25, -0.2) is 24.7 Å². The van der Waals surface area contributed by atoms with E-state index in [1.54, 1.807) is 19.3 Å². The molecule has 2 aromatic rings. The molecule has 36 heavy (non-hydrogen) atoms. The number of hydrogen-bond acceptors (Lipinski definition) is 9. The number of carbonyl (C=O) groups excluding carboxylic acids is 2. The van der Waals surface area contributed by atoms with Crippen LogP contribution in [0, 0.1) is 11.8 Å². The number of rotatable bonds is 7. The first-order chi connectivity index (χ1) is 16.4. The molecule has 0 saturated carbocycles. The Hall–Kier alpha value is -2.40. The first-order valence-electron chi connectivity index (χ1n) is 11.0. The standard InChI is InChI=1S/C12H15ClN2O3.C10H12ClN3O2.2CH4/c1-2-18-11(16)10-9(6-14-12(13)15-10)5-8-3-4-17-7-8;11-10-13-4-7(8(14-10)9(12)15)3-6-1-2-16-5-6;;/h6,8H,2-5,7H2,1H3;4,6H,1-3,5H2,(H2,12,15);2*1H4. The molecule has 2 N–H and O–H groups in total. The highest BCUT2D eigenvalue weighted by atomic mass is 35.5. The maximum absolute atomic E-state index is 11.8. The van der Waals surface area contributed by atoms with Crippen molar-refractivity contribution in [2.75, 3.05) is 33.0 Å². The van der Waals surface area contributed by atoms with Crippen LogP contribution in [-0.4, -0.2) is 64.8 Å². The number of nitrogens with two attached hydrogens (primary N) is 1. The van der Waals surface area contributed by atoms with Gasteiger partial charge in [-0.15, -0.1) is 0 Å². The van der Waals surface area contributed by atoms with Crippen molar-refractivity contribution in [3.8, 4) is 0 Å². The molecule has 0 aromatic carbocycles. The van der Waals surface area contributed by atoms with Gasteiger partial charge in [0.15, 0.2) is 5.69 Å². The van der Waals surface area contributed by atoms with Crippen LogP contribution < -0.4 is 5.73 Å². The number of primary amides is 1. The van der Waals surface area contributed by atoms with Crippen molar-refractivity contribution in [3.05, 3.63) is 45.5 Å². The number of aromatic nitrogens is 4. The highest BCUT2D eigenvalue weighted by molar-refractivity contribution is 6.28. The second-order valence-electron chi connectivity index (χ2n) is 7.98. The van der Waals surface area contributed by atoms with Gasteiger partial charge in [-0.2, -0.15) is 0 Å². The van der Waals surface area contributed by atoms with E-state index < -0.39 is 11.9 Å². The summed E-state index contributed by atoms with van der Waals surface area (Å²) in [6, 6.07) is 0. The third-order valence-corrected chi connectivity index (χ3v) is 5.80. The van der Waals surface area contributed by atoms with Crippen molar-refractivity contribution < 1.29 is 23.8 Å². The molecule has 0 aliphatic carbocycles. The number of amides is 1. The molecule has 2 aliphatic rings. The third kappa shape index (κ3) is 9.24. The van der Waals surface area contributed by atoms with Crippen LogP contribution in [0.15, 0.2) is 12.4 Å². The van der Waals surface area contributed by atoms with E-state index in [0.717, 1.165) is 37.2 Å². The van der Waals surface area contributed by atoms with E-state index in [0.29, 0.717) is 44.5 Å². The number of nitrogens with zero attached hydrogens (tertiary/aromatic N) is 4. The Labute approximate surface area is 222 Å². The highest BCUT2D eigenvalue weighted by Gasteiger charge is 2.22. The Morgan fingerprint density at radius 1 is 0.944 bits per heavy atom. The predicted molar refractivity (Wildman–Crippen MR) is 137 cm³/mol. The van der Waals surface area contributed by atoms with Crippen LogP contribution in [0.25, 0.3) is 0 Å². The molecule has 0 radical (unpaired) electrons. The fraction of sp³-hybridized carbons (Fsp3) is 0.583. The molecule has 200 valence electrons. The van der Waals surface area contributed by atoms with Crippen molar-refractivity contribution in [1.82, 2.24) is 19.9 Å². The number of halogens is 2. The lowest BCUT2D eigenvalue weighted by Crippen LogP contribution is -2.18. The van der Waals surface area contributed by atoms with E-state index >= 15 is 0 Å². The minimum Gasteiger partial charge on any atom is -0.461 e. The molecular formula is C24H35Cl2N5O5. The first kappa shape index (κ1) is 31.6. The lowest BCUT2D eigenvalue weighted by molar-refractivity contribution is 0.0517. The Bertz CT molecular complexity index is 999. The summed E-state index contributed by atoms with van der Waals surface area (Å²) in [5.41, 5.74) is 7.24. The molecule has 4 rings (SSSR count). The van der Waals surface area contributed by atoms with Crippen molar-refractivity contribution in [1.29, 1.82) is 0 Å². The first-order valence-corrected chi connectivity index (χ1v) is 11.8. The Balaban J connectivity index is 0.000000343. The van der Waals surface area contributed by atoms with Gasteiger partial charge < -0.3 is 19.9 Å². The molecule has 2 aromatic heterocycles. The van der Waals surface area contributed by atoms with E-state index in [2.05, 4.69) is 19.9 Å². The molecule has 1 amide bonds. The molecule has 0 bridgehead atoms. The predicted octanol–water partition coefficient (Wildman–Crippen LogP) is 3.97. The quantitative estimate of drug-likeness (QED) is 0.405. The topological polar surface area (TPSA) is 139 Å². The van der Waals surface area contributed by atoms with Crippen LogP contribution in [0.1, 0.15) is 66.7 Å². The van der Waals surface area contributed by atoms with Crippen molar-refractivity contribution in [3.63, 3.8) is 0 Å². The van der Waals surface area contributed by atoms with Gasteiger partial charge in [-0.1, -0.05) is 14.9 Å². The van der Waals surface area contributed by atoms with Gasteiger partial charge in [0.25, 0.3) is 5.91 Å². The van der Waals surface area contributed by atoms with E-state index in [9.17, 15) is 9.59 Å². The normalized spacial score (nSPS) is 18.3. The second kappa shape index (κ2) is 15.7. The molecule has 2 atom stereocenters. The summed E-state index contributed by atoms with van der Waals surface area (Å²) in [5, 5.41) is 0.102. The zero-order chi connectivity index (χ0) is 24.5. The monoisotopic (exact) mass is 543 g/mol. The van der Waals surface area contributed by atoms with Crippen LogP contribution in [-0.2, 0) is 27.1 Å². The average Bonchev–Trinajstić information content (AvgIpc) is 3.51. The molecule has 0 spiro atoms. The van der Waals surface area contributed by atoms with Crippen molar-refractivity contribution >= 4 is 35.1 Å². The van der Waals surface area contributed by atoms with Crippen LogP contribution >= 0.6 is 23.2 Å². The molecule has 2 saturated heterocycles. The minimum absolute atomic E-state index is 0. The van der Waals surface area contributed by atoms with Gasteiger partial charge in [-0.3, -0.25) is 4.79 Å². The Morgan fingerprint density at radius 2 is 1.42 bits per heavy atom. The van der Waals surface area contributed by atoms with Crippen molar-refractivity contribution in [2.45, 2.75) is 47.5 Å². The summed E-state index contributed by atoms with van der Waals surface area (Å²) >= 11 is 11.3. The zero-order valence-corrected chi connectivity index (χ0v) is 20.3. The number of ether oxygens (including phenoxy) is 3. The average molecular weight is 544 g/mol. The van der Waals surface area contributed by atoms with Crippen LogP contribution in [0.4, 0.5) is 0 Å². The van der Waals surface area contributed by atoms with Gasteiger partial charge >= 0.3 is 5.97 Å². The number of carbonyl (C=O) groups is 2. The molecule has 4 heterocycles. The maximum atomic E-state index is 11.8. The summed E-state index contributed by atoms with van der Waals surface area (Å²) < 4.78 is 15.6. The van der Waals surface area contributed by atoms with Gasteiger partial charge in [0.2, 0.25) is 10.6 Å². The summed E-state index contributed by atoms with van der Waals surface area (Å²) in [6.07, 6.45) is 6.56. The summed E-state index contributed by atoms with van der Waals surface area (Å²) in [7, 11) is 0. The van der Waals surface area contributed by atoms with E-state index in [1.807, 2.05) is 0 Å². The SMILES string of the molecule is C.C.CCOC(=O)c1nc(Cl)ncc1CC1CCOC1.NC(=O)c1nc(Cl)ncc1CC1CCOC1. The molecule has 2 fully saturated rings. The molecule has 2 aliphatic heterocycles. The van der Waals surface area contributed by atoms with Crippen molar-refractivity contribution in [2.24, 2.45) is 17.6 Å². The van der Waals surface area contributed by atoms with Crippen LogP contribution in [0.3, 0.4) is 0 Å². The lowest BCUT2D eigenvalue weighted by Gasteiger charge is -2.10. The fourth-order valence-electron chi connectivity index (χ4n) is 3.77. The largest absolute Gasteiger partial charge is 0.461 e. The lowest BCUT2D eigenvalue weighted by atomic mass is 9.98. The summed E-state index contributed by atoms with van der Waals surface area (Å²) in [6.45, 7) is 5.03. The van der Waals surface area contributed by atoms with Gasteiger partial charge in [0.1, 0.15) is 5.69 Å². The fourth-order valence-corrected chi connectivity index (χ4v) is 4.04.